The van der Waals surface area contributed by atoms with Crippen molar-refractivity contribution in [3.63, 3.8) is 0 Å². The van der Waals surface area contributed by atoms with Crippen LogP contribution in [0.2, 0.25) is 0 Å². The minimum Gasteiger partial charge on any atom is -0.489 e. The molecule has 7 heteroatoms. The molecule has 0 saturated carbocycles. The number of anilines is 1. The van der Waals surface area contributed by atoms with Crippen molar-refractivity contribution >= 4 is 17.7 Å². The van der Waals surface area contributed by atoms with Gasteiger partial charge in [0.05, 0.1) is 6.61 Å². The van der Waals surface area contributed by atoms with Gasteiger partial charge in [0.25, 0.3) is 0 Å². The van der Waals surface area contributed by atoms with E-state index in [1.165, 1.54) is 0 Å². The molecule has 2 amide bonds. The summed E-state index contributed by atoms with van der Waals surface area (Å²) in [4.78, 5) is 25.4. The third-order valence-electron chi connectivity index (χ3n) is 4.34. The van der Waals surface area contributed by atoms with Gasteiger partial charge in [0, 0.05) is 12.2 Å². The molecule has 0 aromatic heterocycles. The summed E-state index contributed by atoms with van der Waals surface area (Å²) in [5, 5.41) is 21.4. The van der Waals surface area contributed by atoms with Crippen LogP contribution in [0.3, 0.4) is 0 Å². The van der Waals surface area contributed by atoms with E-state index in [2.05, 4.69) is 5.32 Å². The highest BCUT2D eigenvalue weighted by molar-refractivity contribution is 5.97. The third kappa shape index (κ3) is 6.50. The monoisotopic (exact) mass is 400 g/mol. The van der Waals surface area contributed by atoms with Crippen molar-refractivity contribution in [1.82, 2.24) is 4.90 Å². The maximum Gasteiger partial charge on any atom is 0.408 e. The van der Waals surface area contributed by atoms with Gasteiger partial charge in [0.2, 0.25) is 5.91 Å². The lowest BCUT2D eigenvalue weighted by atomic mass is 9.85. The molecule has 0 aliphatic rings. The lowest BCUT2D eigenvalue weighted by Crippen LogP contribution is -2.54. The second-order valence-electron chi connectivity index (χ2n) is 7.76. The number of rotatable bonds is 8. The van der Waals surface area contributed by atoms with Crippen LogP contribution in [0.25, 0.3) is 0 Å². The molecule has 2 rings (SSSR count). The second-order valence-corrected chi connectivity index (χ2v) is 7.76. The smallest absolute Gasteiger partial charge is 0.408 e. The Hall–Kier alpha value is -3.06. The van der Waals surface area contributed by atoms with Gasteiger partial charge in [-0.15, -0.1) is 0 Å². The van der Waals surface area contributed by atoms with Crippen molar-refractivity contribution in [2.24, 2.45) is 5.41 Å². The van der Waals surface area contributed by atoms with Crippen LogP contribution in [-0.2, 0) is 11.4 Å². The van der Waals surface area contributed by atoms with Crippen molar-refractivity contribution < 1.29 is 24.5 Å². The van der Waals surface area contributed by atoms with Gasteiger partial charge in [-0.2, -0.15) is 0 Å². The fourth-order valence-corrected chi connectivity index (χ4v) is 3.03. The molecular weight excluding hydrogens is 372 g/mol. The molecule has 7 nitrogen and oxygen atoms in total. The lowest BCUT2D eigenvalue weighted by Gasteiger charge is -2.37. The zero-order valence-corrected chi connectivity index (χ0v) is 17.0. The molecule has 0 saturated heterocycles. The topological polar surface area (TPSA) is 99.1 Å². The molecule has 3 N–H and O–H groups in total. The van der Waals surface area contributed by atoms with E-state index in [1.54, 1.807) is 45.0 Å². The Morgan fingerprint density at radius 1 is 1.07 bits per heavy atom. The Kier molecular flexibility index (Phi) is 7.61. The van der Waals surface area contributed by atoms with Gasteiger partial charge >= 0.3 is 6.09 Å². The van der Waals surface area contributed by atoms with Crippen LogP contribution >= 0.6 is 0 Å². The highest BCUT2D eigenvalue weighted by Gasteiger charge is 2.39. The molecule has 0 aliphatic carbocycles. The summed E-state index contributed by atoms with van der Waals surface area (Å²) in [7, 11) is 0. The largest absolute Gasteiger partial charge is 0.489 e. The zero-order valence-electron chi connectivity index (χ0n) is 17.0. The molecule has 0 bridgehead atoms. The van der Waals surface area contributed by atoms with Crippen LogP contribution < -0.4 is 10.1 Å². The summed E-state index contributed by atoms with van der Waals surface area (Å²) in [6.07, 6.45) is -1.25. The summed E-state index contributed by atoms with van der Waals surface area (Å²) >= 11 is 0. The Morgan fingerprint density at radius 2 is 1.69 bits per heavy atom. The van der Waals surface area contributed by atoms with Gasteiger partial charge in [0.1, 0.15) is 18.4 Å². The van der Waals surface area contributed by atoms with E-state index in [1.807, 2.05) is 30.3 Å². The van der Waals surface area contributed by atoms with Crippen LogP contribution in [0.15, 0.2) is 54.6 Å². The third-order valence-corrected chi connectivity index (χ3v) is 4.34. The van der Waals surface area contributed by atoms with Crippen LogP contribution in [0.5, 0.6) is 5.75 Å². The summed E-state index contributed by atoms with van der Waals surface area (Å²) in [5.41, 5.74) is 0.928. The van der Waals surface area contributed by atoms with Crippen molar-refractivity contribution in [2.75, 3.05) is 18.5 Å². The van der Waals surface area contributed by atoms with Crippen LogP contribution in [-0.4, -0.2) is 46.3 Å². The first kappa shape index (κ1) is 22.2. The van der Waals surface area contributed by atoms with Crippen LogP contribution in [0.4, 0.5) is 10.5 Å². The minimum absolute atomic E-state index is 0.142. The van der Waals surface area contributed by atoms with E-state index in [4.69, 9.17) is 4.74 Å². The highest BCUT2D eigenvalue weighted by Crippen LogP contribution is 2.26. The van der Waals surface area contributed by atoms with E-state index in [0.29, 0.717) is 18.0 Å². The van der Waals surface area contributed by atoms with Gasteiger partial charge in [-0.1, -0.05) is 51.1 Å². The molecular formula is C22H28N2O5. The molecule has 0 spiro atoms. The van der Waals surface area contributed by atoms with Crippen molar-refractivity contribution in [2.45, 2.75) is 33.4 Å². The van der Waals surface area contributed by atoms with Gasteiger partial charge in [-0.3, -0.25) is 9.69 Å². The number of nitrogens with zero attached hydrogens (tertiary/aromatic N) is 1. The zero-order chi connectivity index (χ0) is 21.4. The standard InChI is InChI=1S/C22H28N2O5/c1-22(2,3)19(24(13-14-25)21(27)28)20(26)23-17-9-11-18(12-10-17)29-15-16-7-5-4-6-8-16/h4-12,19,25H,13-15H2,1-3H3,(H,23,26)(H,27,28). The predicted molar refractivity (Wildman–Crippen MR) is 111 cm³/mol. The number of carbonyl (C=O) groups excluding carboxylic acids is 1. The average Bonchev–Trinajstić information content (AvgIpc) is 2.66. The molecule has 1 atom stereocenters. The molecule has 0 heterocycles. The molecule has 0 radical (unpaired) electrons. The first-order valence-corrected chi connectivity index (χ1v) is 9.40. The van der Waals surface area contributed by atoms with Crippen LogP contribution in [0.1, 0.15) is 26.3 Å². The molecule has 0 aliphatic heterocycles. The SMILES string of the molecule is CC(C)(C)C(C(=O)Nc1ccc(OCc2ccccc2)cc1)N(CCO)C(=O)O. The van der Waals surface area contributed by atoms with Gasteiger partial charge in [-0.05, 0) is 35.2 Å². The molecule has 2 aromatic rings. The minimum atomic E-state index is -1.25. The quantitative estimate of drug-likeness (QED) is 0.629. The van der Waals surface area contributed by atoms with E-state index >= 15 is 0 Å². The molecule has 156 valence electrons. The number of hydrogen-bond acceptors (Lipinski definition) is 4. The maximum atomic E-state index is 12.8. The number of benzene rings is 2. The fraction of sp³-hybridized carbons (Fsp3) is 0.364. The first-order chi connectivity index (χ1) is 13.7. The number of aliphatic hydroxyl groups excluding tert-OH is 1. The van der Waals surface area contributed by atoms with Gasteiger partial charge in [0.15, 0.2) is 0 Å². The Labute approximate surface area is 170 Å². The number of aliphatic hydroxyl groups is 1. The second kappa shape index (κ2) is 9.93. The molecule has 29 heavy (non-hydrogen) atoms. The first-order valence-electron chi connectivity index (χ1n) is 9.40. The predicted octanol–water partition coefficient (Wildman–Crippen LogP) is 3.59. The number of amides is 2. The van der Waals surface area contributed by atoms with Crippen molar-refractivity contribution in [3.8, 4) is 5.75 Å². The number of carboxylic acid groups (broad SMARTS) is 1. The lowest BCUT2D eigenvalue weighted by molar-refractivity contribution is -0.124. The van der Waals surface area contributed by atoms with E-state index < -0.39 is 23.5 Å². The van der Waals surface area contributed by atoms with Crippen LogP contribution in [0, 0.1) is 5.41 Å². The number of hydrogen-bond donors (Lipinski definition) is 3. The average molecular weight is 400 g/mol. The van der Waals surface area contributed by atoms with E-state index in [9.17, 15) is 19.8 Å². The Bertz CT molecular complexity index is 800. The van der Waals surface area contributed by atoms with E-state index in [-0.39, 0.29) is 13.2 Å². The summed E-state index contributed by atoms with van der Waals surface area (Å²) in [6, 6.07) is 15.7. The molecule has 0 fully saturated rings. The number of ether oxygens (including phenoxy) is 1. The fourth-order valence-electron chi connectivity index (χ4n) is 3.03. The van der Waals surface area contributed by atoms with E-state index in [0.717, 1.165) is 10.5 Å². The number of carbonyl (C=O) groups is 2. The number of nitrogens with one attached hydrogen (secondary N) is 1. The molecule has 1 unspecified atom stereocenters. The molecule has 2 aromatic carbocycles. The Balaban J connectivity index is 2.06. The van der Waals surface area contributed by atoms with Crippen molar-refractivity contribution in [1.29, 1.82) is 0 Å². The van der Waals surface area contributed by atoms with Gasteiger partial charge < -0.3 is 20.3 Å². The van der Waals surface area contributed by atoms with Crippen molar-refractivity contribution in [3.05, 3.63) is 60.2 Å². The summed E-state index contributed by atoms with van der Waals surface area (Å²) < 4.78 is 5.73. The summed E-state index contributed by atoms with van der Waals surface area (Å²) in [5.74, 6) is 0.206. The Morgan fingerprint density at radius 3 is 2.21 bits per heavy atom. The normalized spacial score (nSPS) is 12.1. The summed E-state index contributed by atoms with van der Waals surface area (Å²) in [6.45, 7) is 5.28. The maximum absolute atomic E-state index is 12.8. The van der Waals surface area contributed by atoms with Gasteiger partial charge in [-0.25, -0.2) is 4.79 Å². The highest BCUT2D eigenvalue weighted by atomic mass is 16.5.